The molecule has 0 fully saturated rings. The molecule has 1 amide bonds. The topological polar surface area (TPSA) is 81.9 Å². The van der Waals surface area contributed by atoms with E-state index in [1.54, 1.807) is 25.7 Å². The van der Waals surface area contributed by atoms with Crippen molar-refractivity contribution in [3.05, 3.63) is 83.6 Å². The zero-order chi connectivity index (χ0) is 20.9. The van der Waals surface area contributed by atoms with E-state index in [9.17, 15) is 4.79 Å². The number of amides is 1. The van der Waals surface area contributed by atoms with Crippen molar-refractivity contribution < 1.29 is 9.53 Å². The maximum atomic E-state index is 12.9. The van der Waals surface area contributed by atoms with E-state index in [1.165, 1.54) is 11.3 Å². The Morgan fingerprint density at radius 2 is 2.10 bits per heavy atom. The standard InChI is InChI=1S/C22H21N5O2S/c1-27-11-10-24-21(27)20(17-7-3-4-8-18(17)29-2)26-19(28)12-16-14-30-22(25-16)15-6-5-9-23-13-15/h3-11,13-14,20H,12H2,1-2H3,(H,26,28). The van der Waals surface area contributed by atoms with Crippen LogP contribution in [0.1, 0.15) is 23.1 Å². The number of nitrogens with zero attached hydrogens (tertiary/aromatic N) is 4. The number of methoxy groups -OCH3 is 1. The Hall–Kier alpha value is -3.52. The second-order valence-corrected chi connectivity index (χ2v) is 7.56. The third kappa shape index (κ3) is 4.23. The molecule has 3 heterocycles. The number of hydrogen-bond donors (Lipinski definition) is 1. The third-order valence-electron chi connectivity index (χ3n) is 4.67. The highest BCUT2D eigenvalue weighted by Gasteiger charge is 2.24. The number of thiazole rings is 1. The zero-order valence-electron chi connectivity index (χ0n) is 16.6. The molecule has 152 valence electrons. The van der Waals surface area contributed by atoms with Crippen molar-refractivity contribution in [2.24, 2.45) is 7.05 Å². The normalized spacial score (nSPS) is 11.8. The molecule has 0 bridgehead atoms. The van der Waals surface area contributed by atoms with Gasteiger partial charge in [-0.25, -0.2) is 9.97 Å². The number of hydrogen-bond acceptors (Lipinski definition) is 6. The fraction of sp³-hybridized carbons (Fsp3) is 0.182. The summed E-state index contributed by atoms with van der Waals surface area (Å²) in [6.45, 7) is 0. The van der Waals surface area contributed by atoms with Crippen LogP contribution in [0.5, 0.6) is 5.75 Å². The summed E-state index contributed by atoms with van der Waals surface area (Å²) in [6, 6.07) is 11.0. The van der Waals surface area contributed by atoms with E-state index in [2.05, 4.69) is 20.3 Å². The SMILES string of the molecule is COc1ccccc1C(NC(=O)Cc1csc(-c2cccnc2)n1)c1nccn1C. The number of aromatic nitrogens is 4. The van der Waals surface area contributed by atoms with Crippen LogP contribution < -0.4 is 10.1 Å². The number of nitrogens with one attached hydrogen (secondary N) is 1. The molecule has 0 radical (unpaired) electrons. The Balaban J connectivity index is 1.56. The number of carbonyl (C=O) groups is 1. The highest BCUT2D eigenvalue weighted by Crippen LogP contribution is 2.29. The molecular formula is C22H21N5O2S. The van der Waals surface area contributed by atoms with Crippen molar-refractivity contribution in [1.29, 1.82) is 0 Å². The van der Waals surface area contributed by atoms with Crippen LogP contribution in [0.2, 0.25) is 0 Å². The smallest absolute Gasteiger partial charge is 0.226 e. The monoisotopic (exact) mass is 419 g/mol. The quantitative estimate of drug-likeness (QED) is 0.497. The first-order valence-electron chi connectivity index (χ1n) is 9.40. The largest absolute Gasteiger partial charge is 0.496 e. The Labute approximate surface area is 178 Å². The molecule has 0 aliphatic carbocycles. The van der Waals surface area contributed by atoms with Crippen molar-refractivity contribution in [2.75, 3.05) is 7.11 Å². The second-order valence-electron chi connectivity index (χ2n) is 6.70. The number of aryl methyl sites for hydroxylation is 1. The summed E-state index contributed by atoms with van der Waals surface area (Å²) in [7, 11) is 3.52. The van der Waals surface area contributed by atoms with Gasteiger partial charge in [-0.2, -0.15) is 0 Å². The van der Waals surface area contributed by atoms with Gasteiger partial charge in [0.2, 0.25) is 5.91 Å². The average Bonchev–Trinajstić information content (AvgIpc) is 3.41. The predicted octanol–water partition coefficient (Wildman–Crippen LogP) is 3.40. The summed E-state index contributed by atoms with van der Waals surface area (Å²) in [4.78, 5) is 26.1. The van der Waals surface area contributed by atoms with Crippen LogP contribution >= 0.6 is 11.3 Å². The fourth-order valence-corrected chi connectivity index (χ4v) is 4.04. The lowest BCUT2D eigenvalue weighted by Gasteiger charge is -2.21. The molecule has 0 saturated carbocycles. The molecule has 1 unspecified atom stereocenters. The molecule has 30 heavy (non-hydrogen) atoms. The molecule has 7 nitrogen and oxygen atoms in total. The molecule has 0 aliphatic rings. The molecule has 1 aromatic carbocycles. The van der Waals surface area contributed by atoms with Crippen LogP contribution in [0.3, 0.4) is 0 Å². The number of rotatable bonds is 7. The molecule has 1 atom stereocenters. The van der Waals surface area contributed by atoms with Gasteiger partial charge in [-0.1, -0.05) is 18.2 Å². The van der Waals surface area contributed by atoms with E-state index in [-0.39, 0.29) is 12.3 Å². The lowest BCUT2D eigenvalue weighted by molar-refractivity contribution is -0.121. The van der Waals surface area contributed by atoms with Crippen LogP contribution in [0, 0.1) is 0 Å². The summed E-state index contributed by atoms with van der Waals surface area (Å²) in [5.41, 5.74) is 2.50. The molecule has 1 N–H and O–H groups in total. The molecule has 0 saturated heterocycles. The molecule has 8 heteroatoms. The summed E-state index contributed by atoms with van der Waals surface area (Å²) in [5, 5.41) is 5.85. The van der Waals surface area contributed by atoms with Crippen LogP contribution in [0.15, 0.2) is 66.6 Å². The highest BCUT2D eigenvalue weighted by atomic mass is 32.1. The number of imidazole rings is 1. The van der Waals surface area contributed by atoms with Gasteiger partial charge in [0.25, 0.3) is 0 Å². The van der Waals surface area contributed by atoms with E-state index >= 15 is 0 Å². The minimum absolute atomic E-state index is 0.142. The van der Waals surface area contributed by atoms with Gasteiger partial charge in [0.15, 0.2) is 0 Å². The number of carbonyl (C=O) groups excluding carboxylic acids is 1. The van der Waals surface area contributed by atoms with E-state index in [4.69, 9.17) is 4.74 Å². The molecule has 0 spiro atoms. The third-order valence-corrected chi connectivity index (χ3v) is 5.61. The Morgan fingerprint density at radius 1 is 1.23 bits per heavy atom. The molecular weight excluding hydrogens is 398 g/mol. The average molecular weight is 420 g/mol. The molecule has 3 aromatic heterocycles. The van der Waals surface area contributed by atoms with Gasteiger partial charge < -0.3 is 14.6 Å². The van der Waals surface area contributed by atoms with Gasteiger partial charge in [-0.15, -0.1) is 11.3 Å². The molecule has 4 aromatic rings. The van der Waals surface area contributed by atoms with Gasteiger partial charge in [0, 0.05) is 48.3 Å². The van der Waals surface area contributed by atoms with E-state index in [1.807, 2.05) is 59.6 Å². The summed E-state index contributed by atoms with van der Waals surface area (Å²) in [6.07, 6.45) is 7.23. The van der Waals surface area contributed by atoms with Crippen LogP contribution in [0.25, 0.3) is 10.6 Å². The van der Waals surface area contributed by atoms with Crippen molar-refractivity contribution >= 4 is 17.2 Å². The Kier molecular flexibility index (Phi) is 5.85. The van der Waals surface area contributed by atoms with Crippen molar-refractivity contribution in [3.63, 3.8) is 0 Å². The van der Waals surface area contributed by atoms with E-state index in [0.29, 0.717) is 5.75 Å². The van der Waals surface area contributed by atoms with E-state index in [0.717, 1.165) is 27.7 Å². The van der Waals surface area contributed by atoms with Gasteiger partial charge in [-0.3, -0.25) is 9.78 Å². The van der Waals surface area contributed by atoms with Gasteiger partial charge in [-0.05, 0) is 18.2 Å². The maximum absolute atomic E-state index is 12.9. The Morgan fingerprint density at radius 3 is 2.83 bits per heavy atom. The van der Waals surface area contributed by atoms with Gasteiger partial charge in [0.1, 0.15) is 22.6 Å². The lowest BCUT2D eigenvalue weighted by Crippen LogP contribution is -2.32. The number of benzene rings is 1. The zero-order valence-corrected chi connectivity index (χ0v) is 17.5. The minimum atomic E-state index is -0.440. The number of para-hydroxylation sites is 1. The maximum Gasteiger partial charge on any atom is 0.226 e. The van der Waals surface area contributed by atoms with Crippen LogP contribution in [-0.2, 0) is 18.3 Å². The van der Waals surface area contributed by atoms with Crippen molar-refractivity contribution in [1.82, 2.24) is 24.8 Å². The summed E-state index contributed by atoms with van der Waals surface area (Å²) < 4.78 is 7.40. The first-order chi connectivity index (χ1) is 14.7. The number of pyridine rings is 1. The van der Waals surface area contributed by atoms with Crippen molar-refractivity contribution in [2.45, 2.75) is 12.5 Å². The fourth-order valence-electron chi connectivity index (χ4n) is 3.23. The number of ether oxygens (including phenoxy) is 1. The highest BCUT2D eigenvalue weighted by molar-refractivity contribution is 7.13. The second kappa shape index (κ2) is 8.87. The van der Waals surface area contributed by atoms with E-state index < -0.39 is 6.04 Å². The van der Waals surface area contributed by atoms with Crippen LogP contribution in [-0.4, -0.2) is 32.5 Å². The van der Waals surface area contributed by atoms with Gasteiger partial charge >= 0.3 is 0 Å². The van der Waals surface area contributed by atoms with Crippen molar-refractivity contribution in [3.8, 4) is 16.3 Å². The Bertz CT molecular complexity index is 1140. The molecule has 4 rings (SSSR count). The van der Waals surface area contributed by atoms with Gasteiger partial charge in [0.05, 0.1) is 19.2 Å². The summed E-state index contributed by atoms with van der Waals surface area (Å²) >= 11 is 1.50. The minimum Gasteiger partial charge on any atom is -0.496 e. The molecule has 0 aliphatic heterocycles. The summed E-state index contributed by atoms with van der Waals surface area (Å²) in [5.74, 6) is 1.28. The first-order valence-corrected chi connectivity index (χ1v) is 10.3. The predicted molar refractivity (Wildman–Crippen MR) is 115 cm³/mol. The van der Waals surface area contributed by atoms with Crippen LogP contribution in [0.4, 0.5) is 0 Å². The first kappa shape index (κ1) is 19.8. The lowest BCUT2D eigenvalue weighted by atomic mass is 10.0.